The summed E-state index contributed by atoms with van der Waals surface area (Å²) in [5.74, 6) is -0.240. The first-order valence-corrected chi connectivity index (χ1v) is 11.1. The molecule has 1 unspecified atom stereocenters. The molecule has 1 aliphatic carbocycles. The number of carbonyl (C=O) groups is 2. The number of carbonyl (C=O) groups excluding carboxylic acids is 2. The number of nitrogens with one attached hydrogen (secondary N) is 1. The van der Waals surface area contributed by atoms with Crippen LogP contribution in [0.3, 0.4) is 0 Å². The molecule has 1 saturated carbocycles. The Labute approximate surface area is 173 Å². The van der Waals surface area contributed by atoms with Gasteiger partial charge in [-0.05, 0) is 37.1 Å². The fraction of sp³-hybridized carbons (Fsp3) is 0.348. The summed E-state index contributed by atoms with van der Waals surface area (Å²) >= 11 is 1.62. The van der Waals surface area contributed by atoms with Crippen molar-refractivity contribution in [2.45, 2.75) is 38.1 Å². The van der Waals surface area contributed by atoms with Gasteiger partial charge in [0.2, 0.25) is 11.8 Å². The molecule has 5 rings (SSSR count). The highest BCUT2D eigenvalue weighted by Gasteiger charge is 2.38. The number of amides is 2. The molecule has 2 aromatic carbocycles. The van der Waals surface area contributed by atoms with E-state index >= 15 is 0 Å². The Morgan fingerprint density at radius 1 is 1.07 bits per heavy atom. The van der Waals surface area contributed by atoms with Crippen LogP contribution in [0.15, 0.2) is 48.5 Å². The largest absolute Gasteiger partial charge is 0.339 e. The third kappa shape index (κ3) is 3.53. The Morgan fingerprint density at radius 3 is 2.66 bits per heavy atom. The summed E-state index contributed by atoms with van der Waals surface area (Å²) in [5.41, 5.74) is 2.63. The van der Waals surface area contributed by atoms with Crippen molar-refractivity contribution in [2.24, 2.45) is 5.92 Å². The number of hydrogen-bond acceptors (Lipinski definition) is 4. The number of anilines is 1. The Morgan fingerprint density at radius 2 is 1.83 bits per heavy atom. The number of thiazole rings is 1. The van der Waals surface area contributed by atoms with Crippen molar-refractivity contribution in [2.75, 3.05) is 11.9 Å². The van der Waals surface area contributed by atoms with Gasteiger partial charge < -0.3 is 10.2 Å². The molecule has 6 heteroatoms. The van der Waals surface area contributed by atoms with Gasteiger partial charge in [-0.1, -0.05) is 37.1 Å². The van der Waals surface area contributed by atoms with Crippen LogP contribution in [0.1, 0.15) is 32.1 Å². The summed E-state index contributed by atoms with van der Waals surface area (Å²) in [4.78, 5) is 32.1. The first kappa shape index (κ1) is 18.3. The molecule has 3 aromatic rings. The molecule has 0 radical (unpaired) electrons. The first-order valence-electron chi connectivity index (χ1n) is 10.2. The van der Waals surface area contributed by atoms with E-state index in [0.29, 0.717) is 19.0 Å². The van der Waals surface area contributed by atoms with Crippen LogP contribution in [0.5, 0.6) is 0 Å². The van der Waals surface area contributed by atoms with Gasteiger partial charge in [0.15, 0.2) is 0 Å². The molecule has 5 nitrogen and oxygen atoms in total. The van der Waals surface area contributed by atoms with Crippen molar-refractivity contribution in [1.82, 2.24) is 9.88 Å². The number of fused-ring (bicyclic) bond motifs is 1. The van der Waals surface area contributed by atoms with Gasteiger partial charge >= 0.3 is 0 Å². The van der Waals surface area contributed by atoms with E-state index < -0.39 is 0 Å². The van der Waals surface area contributed by atoms with Crippen molar-refractivity contribution in [3.05, 3.63) is 48.5 Å². The van der Waals surface area contributed by atoms with E-state index in [-0.39, 0.29) is 17.7 Å². The predicted octanol–water partition coefficient (Wildman–Crippen LogP) is 4.69. The zero-order valence-corrected chi connectivity index (χ0v) is 17.0. The smallest absolute Gasteiger partial charge is 0.229 e. The Bertz CT molecular complexity index is 1040. The van der Waals surface area contributed by atoms with Crippen LogP contribution < -0.4 is 5.32 Å². The van der Waals surface area contributed by atoms with E-state index in [1.54, 1.807) is 11.3 Å². The molecule has 1 atom stereocenters. The molecule has 1 aromatic heterocycles. The summed E-state index contributed by atoms with van der Waals surface area (Å²) in [7, 11) is 0. The lowest BCUT2D eigenvalue weighted by Gasteiger charge is -2.24. The van der Waals surface area contributed by atoms with E-state index in [4.69, 9.17) is 4.98 Å². The number of likely N-dealkylation sites (tertiary alicyclic amines) is 1. The minimum Gasteiger partial charge on any atom is -0.339 e. The molecule has 2 aliphatic rings. The highest BCUT2D eigenvalue weighted by molar-refractivity contribution is 7.21. The van der Waals surface area contributed by atoms with Crippen LogP contribution in [-0.2, 0) is 9.59 Å². The summed E-state index contributed by atoms with van der Waals surface area (Å²) < 4.78 is 1.12. The number of hydrogen-bond donors (Lipinski definition) is 1. The number of para-hydroxylation sites is 2. The van der Waals surface area contributed by atoms with Crippen LogP contribution in [0.2, 0.25) is 0 Å². The maximum absolute atomic E-state index is 13.0. The highest BCUT2D eigenvalue weighted by Crippen LogP contribution is 2.35. The molecule has 148 valence electrons. The first-order chi connectivity index (χ1) is 14.2. The van der Waals surface area contributed by atoms with Crippen molar-refractivity contribution in [1.29, 1.82) is 0 Å². The van der Waals surface area contributed by atoms with Crippen LogP contribution in [0.4, 0.5) is 5.69 Å². The van der Waals surface area contributed by atoms with E-state index in [0.717, 1.165) is 39.3 Å². The van der Waals surface area contributed by atoms with Crippen molar-refractivity contribution >= 4 is 39.1 Å². The zero-order valence-electron chi connectivity index (χ0n) is 16.1. The van der Waals surface area contributed by atoms with Crippen LogP contribution in [0, 0.1) is 5.92 Å². The molecule has 2 heterocycles. The number of benzene rings is 2. The van der Waals surface area contributed by atoms with Crippen LogP contribution in [-0.4, -0.2) is 34.3 Å². The molecule has 0 spiro atoms. The standard InChI is InChI=1S/C23H23N3O2S/c27-21-13-15(14-26(21)16-7-1-2-8-16)22(28)24-18-10-4-3-9-17(18)23-25-19-11-5-6-12-20(19)29-23/h3-6,9-12,15-16H,1-2,7-8,13-14H2,(H,24,28). The second-order valence-electron chi connectivity index (χ2n) is 7.91. The van der Waals surface area contributed by atoms with Gasteiger partial charge in [0.25, 0.3) is 0 Å². The van der Waals surface area contributed by atoms with Crippen molar-refractivity contribution in [3.63, 3.8) is 0 Å². The maximum atomic E-state index is 13.0. The minimum absolute atomic E-state index is 0.0765. The molecule has 1 N–H and O–H groups in total. The van der Waals surface area contributed by atoms with Crippen molar-refractivity contribution < 1.29 is 9.59 Å². The van der Waals surface area contributed by atoms with E-state index in [1.165, 1.54) is 12.8 Å². The molecule has 2 amide bonds. The van der Waals surface area contributed by atoms with Gasteiger partial charge in [-0.25, -0.2) is 4.98 Å². The third-order valence-corrected chi connectivity index (χ3v) is 7.07. The van der Waals surface area contributed by atoms with Gasteiger partial charge in [-0.2, -0.15) is 0 Å². The average molecular weight is 406 g/mol. The number of nitrogens with zero attached hydrogens (tertiary/aromatic N) is 2. The molecule has 29 heavy (non-hydrogen) atoms. The summed E-state index contributed by atoms with van der Waals surface area (Å²) in [6, 6.07) is 16.1. The molecule has 0 bridgehead atoms. The third-order valence-electron chi connectivity index (χ3n) is 6.00. The Kier molecular flexibility index (Phi) is 4.79. The predicted molar refractivity (Wildman–Crippen MR) is 116 cm³/mol. The fourth-order valence-electron chi connectivity index (χ4n) is 4.48. The second kappa shape index (κ2) is 7.59. The fourth-order valence-corrected chi connectivity index (χ4v) is 5.48. The molecular weight excluding hydrogens is 382 g/mol. The monoisotopic (exact) mass is 405 g/mol. The molecule has 1 saturated heterocycles. The average Bonchev–Trinajstić information content (AvgIpc) is 3.47. The molecule has 2 fully saturated rings. The van der Waals surface area contributed by atoms with Crippen LogP contribution >= 0.6 is 11.3 Å². The molecular formula is C23H23N3O2S. The number of aromatic nitrogens is 1. The van der Waals surface area contributed by atoms with E-state index in [1.807, 2.05) is 47.4 Å². The van der Waals surface area contributed by atoms with Gasteiger partial charge in [-0.3, -0.25) is 9.59 Å². The summed E-state index contributed by atoms with van der Waals surface area (Å²) in [6.07, 6.45) is 4.81. The lowest BCUT2D eigenvalue weighted by atomic mass is 10.1. The summed E-state index contributed by atoms with van der Waals surface area (Å²) in [5, 5.41) is 3.96. The van der Waals surface area contributed by atoms with Crippen LogP contribution in [0.25, 0.3) is 20.8 Å². The maximum Gasteiger partial charge on any atom is 0.229 e. The lowest BCUT2D eigenvalue weighted by molar-refractivity contribution is -0.129. The number of rotatable bonds is 4. The Hall–Kier alpha value is -2.73. The SMILES string of the molecule is O=C(Nc1ccccc1-c1nc2ccccc2s1)C1CC(=O)N(C2CCCC2)C1. The zero-order chi connectivity index (χ0) is 19.8. The van der Waals surface area contributed by atoms with Crippen molar-refractivity contribution in [3.8, 4) is 10.6 Å². The van der Waals surface area contributed by atoms with E-state index in [9.17, 15) is 9.59 Å². The normalized spacial score (nSPS) is 19.9. The van der Waals surface area contributed by atoms with Gasteiger partial charge in [0.1, 0.15) is 5.01 Å². The molecule has 1 aliphatic heterocycles. The van der Waals surface area contributed by atoms with Gasteiger partial charge in [-0.15, -0.1) is 11.3 Å². The Balaban J connectivity index is 1.36. The topological polar surface area (TPSA) is 62.3 Å². The van der Waals surface area contributed by atoms with Gasteiger partial charge in [0, 0.05) is 24.6 Å². The van der Waals surface area contributed by atoms with E-state index in [2.05, 4.69) is 11.4 Å². The highest BCUT2D eigenvalue weighted by atomic mass is 32.1. The quantitative estimate of drug-likeness (QED) is 0.685. The summed E-state index contributed by atoms with van der Waals surface area (Å²) in [6.45, 7) is 0.540. The van der Waals surface area contributed by atoms with Gasteiger partial charge in [0.05, 0.1) is 21.8 Å². The lowest BCUT2D eigenvalue weighted by Crippen LogP contribution is -2.35. The second-order valence-corrected chi connectivity index (χ2v) is 8.94. The minimum atomic E-state index is -0.286.